The first-order chi connectivity index (χ1) is 55.5. The van der Waals surface area contributed by atoms with Gasteiger partial charge in [-0.05, 0) is 152 Å². The monoisotopic (exact) mass is 1420 g/mol. The molecule has 1 atom stereocenters. The van der Waals surface area contributed by atoms with E-state index >= 15 is 0 Å². The molecule has 4 aromatic heterocycles. The van der Waals surface area contributed by atoms with Crippen molar-refractivity contribution in [2.75, 3.05) is 0 Å². The van der Waals surface area contributed by atoms with E-state index in [-0.39, 0.29) is 0 Å². The van der Waals surface area contributed by atoms with Crippen molar-refractivity contribution < 1.29 is 8.83 Å². The summed E-state index contributed by atoms with van der Waals surface area (Å²) in [6, 6.07) is 133. The Hall–Kier alpha value is -14.8. The topological polar surface area (TPSA) is 90.7 Å². The highest BCUT2D eigenvalue weighted by molar-refractivity contribution is 6.11. The maximum atomic E-state index is 7.43. The summed E-state index contributed by atoms with van der Waals surface area (Å²) in [6.07, 6.45) is 0. The van der Waals surface area contributed by atoms with Gasteiger partial charge in [0.1, 0.15) is 33.5 Å². The molecule has 112 heavy (non-hydrogen) atoms. The van der Waals surface area contributed by atoms with E-state index in [1.54, 1.807) is 0 Å². The average Bonchev–Trinajstić information content (AvgIpc) is 1.52. The molecule has 4 heterocycles. The molecule has 0 fully saturated rings. The van der Waals surface area contributed by atoms with Crippen LogP contribution in [0.2, 0.25) is 0 Å². The van der Waals surface area contributed by atoms with Crippen LogP contribution in [-0.4, -0.2) is 24.9 Å². The average molecular weight is 1420 g/mol. The lowest BCUT2D eigenvalue weighted by Gasteiger charge is -2.28. The van der Waals surface area contributed by atoms with Crippen LogP contribution in [0.15, 0.2) is 379 Å². The van der Waals surface area contributed by atoms with Gasteiger partial charge in [0, 0.05) is 55.3 Å². The number of furan rings is 2. The number of hydrogen-bond donors (Lipinski definition) is 0. The van der Waals surface area contributed by atoms with Crippen molar-refractivity contribution in [2.45, 2.75) is 10.8 Å². The van der Waals surface area contributed by atoms with Crippen LogP contribution in [0, 0.1) is 0 Å². The molecule has 0 bridgehead atoms. The molecule has 0 radical (unpaired) electrons. The molecular formula is C105H61N5O2. The van der Waals surface area contributed by atoms with E-state index in [4.69, 9.17) is 33.8 Å². The highest BCUT2D eigenvalue weighted by Crippen LogP contribution is 2.68. The van der Waals surface area contributed by atoms with Gasteiger partial charge in [0.2, 0.25) is 0 Å². The minimum Gasteiger partial charge on any atom is -0.459 e. The largest absolute Gasteiger partial charge is 0.459 e. The highest BCUT2D eigenvalue weighted by Gasteiger charge is 2.57. The van der Waals surface area contributed by atoms with E-state index in [9.17, 15) is 0 Å². The van der Waals surface area contributed by atoms with Gasteiger partial charge in [0.15, 0.2) is 23.3 Å². The molecule has 0 saturated heterocycles. The molecule has 0 aliphatic heterocycles. The maximum Gasteiger partial charge on any atom is 0.164 e. The summed E-state index contributed by atoms with van der Waals surface area (Å²) in [7, 11) is 0. The molecule has 0 N–H and O–H groups in total. The number of aromatic nitrogens is 5. The van der Waals surface area contributed by atoms with E-state index in [2.05, 4.69) is 346 Å². The van der Waals surface area contributed by atoms with E-state index in [1.165, 1.54) is 66.8 Å². The minimum absolute atomic E-state index is 0.605. The first kappa shape index (κ1) is 62.3. The zero-order valence-corrected chi connectivity index (χ0v) is 60.3. The first-order valence-electron chi connectivity index (χ1n) is 38.3. The van der Waals surface area contributed by atoms with Gasteiger partial charge in [-0.2, -0.15) is 0 Å². The summed E-state index contributed by atoms with van der Waals surface area (Å²) in [5, 5.41) is 6.61. The zero-order chi connectivity index (χ0) is 73.3. The molecule has 518 valence electrons. The fraction of sp³-hybridized carbons (Fsp3) is 0.0190. The normalized spacial score (nSPS) is 14.2. The van der Waals surface area contributed by atoms with Gasteiger partial charge in [-0.3, -0.25) is 0 Å². The van der Waals surface area contributed by atoms with Gasteiger partial charge in [0.25, 0.3) is 0 Å². The summed E-state index contributed by atoms with van der Waals surface area (Å²) in [6.45, 7) is 0. The Bertz CT molecular complexity index is 7350. The third-order valence-electron chi connectivity index (χ3n) is 24.2. The van der Waals surface area contributed by atoms with Crippen molar-refractivity contribution in [3.8, 4) is 146 Å². The third-order valence-corrected chi connectivity index (χ3v) is 24.2. The van der Waals surface area contributed by atoms with Gasteiger partial charge < -0.3 is 8.83 Å². The Labute approximate surface area is 644 Å². The Kier molecular flexibility index (Phi) is 13.3. The molecule has 0 saturated carbocycles. The highest BCUT2D eigenvalue weighted by atomic mass is 16.3. The Morgan fingerprint density at radius 1 is 0.188 bits per heavy atom. The zero-order valence-electron chi connectivity index (χ0n) is 60.3. The maximum absolute atomic E-state index is 7.43. The summed E-state index contributed by atoms with van der Waals surface area (Å²) in [5.74, 6) is 4.42. The number of fused-ring (bicyclic) bond motifs is 26. The van der Waals surface area contributed by atoms with Crippen LogP contribution in [0.1, 0.15) is 44.9 Å². The Balaban J connectivity index is 0.626. The lowest BCUT2D eigenvalue weighted by atomic mass is 9.72. The first-order valence-corrected chi connectivity index (χ1v) is 38.3. The van der Waals surface area contributed by atoms with E-state index in [0.29, 0.717) is 23.3 Å². The lowest BCUT2D eigenvalue weighted by Crippen LogP contribution is -2.25. The van der Waals surface area contributed by atoms with Gasteiger partial charge in [0.05, 0.1) is 11.4 Å². The second-order valence-electron chi connectivity index (χ2n) is 29.8. The van der Waals surface area contributed by atoms with Gasteiger partial charge in [-0.25, -0.2) is 24.9 Å². The minimum atomic E-state index is -0.793. The predicted molar refractivity (Wildman–Crippen MR) is 451 cm³/mol. The molecule has 7 nitrogen and oxygen atoms in total. The number of nitrogens with zero attached hydrogens (tertiary/aromatic N) is 5. The molecule has 0 amide bonds. The SMILES string of the molecule is c1ccc(-c2nc(-c3ccccc3-c3ccc4c(c3)C3(c5ccccc5-c5ccccc53)c3oc5ccccc5c3-4)cc(-c3cccc4cc(-c5cccc6c5-c5ccccc5C65c6cccc(-c7ccc(-c8nc(-c9ccccc9)nc(-c9cccc%10ccccc9%10)n8)cc7)c6-c6c5oc5ccccc65)ccc34)n2)cc1. The standard InChI is InChI=1S/C105H61N5O2/c1-3-26-64(27-4-1)100-106-90(77-36-10-9-33-71(77)69-56-58-81-89(60-69)104(98-95(81)82-38-14-19-49-92(82)111-98)84-44-16-11-34-75(84)76-35-12-17-45-85(76)104)61-91(107-100)78-42-22-31-67-59-68(55-57-72(67)78)74-41-24-47-87-94(74)80-37-13-18-46-86(80)105(87)88-48-23-40-73(96(88)97-83-39-15-20-50-93(83)112-99(97)105)63-51-53-66(54-52-63)102-108-101(65-28-5-2-6-29-65)109-103(110-102)79-43-21-30-62-25-7-8-32-70(62)79/h1-61H. The molecule has 16 aromatic carbocycles. The van der Waals surface area contributed by atoms with Crippen LogP contribution in [0.5, 0.6) is 0 Å². The van der Waals surface area contributed by atoms with Crippen LogP contribution in [0.4, 0.5) is 0 Å². The predicted octanol–water partition coefficient (Wildman–Crippen LogP) is 26.2. The van der Waals surface area contributed by atoms with Crippen LogP contribution >= 0.6 is 0 Å². The van der Waals surface area contributed by atoms with Crippen LogP contribution in [0.3, 0.4) is 0 Å². The quantitative estimate of drug-likeness (QED) is 0.142. The lowest BCUT2D eigenvalue weighted by molar-refractivity contribution is 0.506. The molecular weight excluding hydrogens is 1360 g/mol. The summed E-state index contributed by atoms with van der Waals surface area (Å²) >= 11 is 0. The summed E-state index contributed by atoms with van der Waals surface area (Å²) in [5.41, 5.74) is 31.0. The summed E-state index contributed by atoms with van der Waals surface area (Å²) in [4.78, 5) is 26.6. The van der Waals surface area contributed by atoms with Gasteiger partial charge in [-0.15, -0.1) is 0 Å². The van der Waals surface area contributed by atoms with Crippen LogP contribution in [0.25, 0.3) is 189 Å². The second kappa shape index (κ2) is 23.9. The number of para-hydroxylation sites is 2. The molecule has 2 spiro atoms. The van der Waals surface area contributed by atoms with Crippen molar-refractivity contribution in [1.29, 1.82) is 0 Å². The number of benzene rings is 16. The van der Waals surface area contributed by atoms with E-state index < -0.39 is 10.8 Å². The third kappa shape index (κ3) is 8.78. The fourth-order valence-electron chi connectivity index (χ4n) is 19.5. The smallest absolute Gasteiger partial charge is 0.164 e. The van der Waals surface area contributed by atoms with E-state index in [0.717, 1.165) is 144 Å². The second-order valence-corrected chi connectivity index (χ2v) is 29.8. The molecule has 1 unspecified atom stereocenters. The molecule has 4 aliphatic carbocycles. The van der Waals surface area contributed by atoms with Crippen molar-refractivity contribution in [2.24, 2.45) is 0 Å². The summed E-state index contributed by atoms with van der Waals surface area (Å²) < 4.78 is 14.6. The van der Waals surface area contributed by atoms with E-state index in [1.807, 2.05) is 24.3 Å². The molecule has 24 rings (SSSR count). The van der Waals surface area contributed by atoms with Gasteiger partial charge in [-0.1, -0.05) is 340 Å². The number of hydrogen-bond acceptors (Lipinski definition) is 7. The van der Waals surface area contributed by atoms with Gasteiger partial charge >= 0.3 is 0 Å². The molecule has 7 heteroatoms. The number of rotatable bonds is 9. The van der Waals surface area contributed by atoms with Crippen LogP contribution in [-0.2, 0) is 10.8 Å². The van der Waals surface area contributed by atoms with Crippen LogP contribution < -0.4 is 0 Å². The fourth-order valence-corrected chi connectivity index (χ4v) is 19.5. The Morgan fingerprint density at radius 2 is 0.589 bits per heavy atom. The molecule has 20 aromatic rings. The Morgan fingerprint density at radius 3 is 1.28 bits per heavy atom. The van der Waals surface area contributed by atoms with Crippen molar-refractivity contribution >= 4 is 43.5 Å². The molecule has 4 aliphatic rings. The van der Waals surface area contributed by atoms with Crippen molar-refractivity contribution in [1.82, 2.24) is 24.9 Å². The van der Waals surface area contributed by atoms with Crippen molar-refractivity contribution in [3.63, 3.8) is 0 Å². The van der Waals surface area contributed by atoms with Crippen molar-refractivity contribution in [3.05, 3.63) is 415 Å².